The Morgan fingerprint density at radius 1 is 1.41 bits per heavy atom. The average Bonchev–Trinajstić information content (AvgIpc) is 2.91. The summed E-state index contributed by atoms with van der Waals surface area (Å²) in [5.41, 5.74) is 0.559. The van der Waals surface area contributed by atoms with E-state index >= 15 is 0 Å². The minimum Gasteiger partial charge on any atom is -0.491 e. The highest BCUT2D eigenvalue weighted by Gasteiger charge is 2.46. The van der Waals surface area contributed by atoms with Gasteiger partial charge in [0.05, 0.1) is 6.10 Å². The maximum absolute atomic E-state index is 13.1. The van der Waals surface area contributed by atoms with Crippen molar-refractivity contribution < 1.29 is 13.9 Å². The molecule has 0 N–H and O–H groups in total. The van der Waals surface area contributed by atoms with Gasteiger partial charge in [-0.15, -0.1) is 0 Å². The molecule has 2 aliphatic heterocycles. The number of hydrogen-bond donors (Lipinski definition) is 0. The van der Waals surface area contributed by atoms with Crippen LogP contribution in [0.5, 0.6) is 5.75 Å². The number of rotatable bonds is 3. The number of halogens is 1. The quantitative estimate of drug-likeness (QED) is 0.802. The van der Waals surface area contributed by atoms with Crippen LogP contribution in [-0.2, 0) is 4.74 Å². The highest BCUT2D eigenvalue weighted by molar-refractivity contribution is 5.29. The fraction of sp³-hybridized carbons (Fsp3) is 0.571. The Labute approximate surface area is 101 Å². The van der Waals surface area contributed by atoms with Crippen molar-refractivity contribution >= 4 is 0 Å². The molecule has 2 heterocycles. The van der Waals surface area contributed by atoms with Gasteiger partial charge < -0.3 is 9.47 Å². The third-order valence-electron chi connectivity index (χ3n) is 3.89. The molecule has 17 heavy (non-hydrogen) atoms. The van der Waals surface area contributed by atoms with Crippen molar-refractivity contribution in [2.24, 2.45) is 0 Å². The van der Waals surface area contributed by atoms with Crippen LogP contribution < -0.4 is 4.74 Å². The predicted molar refractivity (Wildman–Crippen MR) is 62.7 cm³/mol. The maximum atomic E-state index is 13.1. The summed E-state index contributed by atoms with van der Waals surface area (Å²) in [4.78, 5) is 0. The minimum atomic E-state index is -0.187. The van der Waals surface area contributed by atoms with Crippen LogP contribution in [-0.4, -0.2) is 18.3 Å². The first-order valence-electron chi connectivity index (χ1n) is 6.24. The molecule has 3 rings (SSSR count). The zero-order valence-electron chi connectivity index (χ0n) is 10.0. The lowest BCUT2D eigenvalue weighted by Crippen LogP contribution is -2.32. The molecule has 3 heteroatoms. The van der Waals surface area contributed by atoms with Crippen molar-refractivity contribution in [3.63, 3.8) is 0 Å². The van der Waals surface area contributed by atoms with E-state index in [4.69, 9.17) is 9.47 Å². The molecule has 0 aromatic heterocycles. The van der Waals surface area contributed by atoms with Gasteiger partial charge in [0.1, 0.15) is 23.8 Å². The van der Waals surface area contributed by atoms with Crippen molar-refractivity contribution in [2.45, 2.75) is 44.3 Å². The second kappa shape index (κ2) is 3.98. The first-order valence-corrected chi connectivity index (χ1v) is 6.24. The maximum Gasteiger partial charge on any atom is 0.126 e. The molecule has 2 aliphatic rings. The first-order chi connectivity index (χ1) is 8.17. The molecular weight excluding hydrogens is 219 g/mol. The van der Waals surface area contributed by atoms with Gasteiger partial charge in [-0.05, 0) is 56.4 Å². The minimum absolute atomic E-state index is 0.0625. The molecule has 0 unspecified atom stereocenters. The van der Waals surface area contributed by atoms with Crippen molar-refractivity contribution in [1.29, 1.82) is 0 Å². The van der Waals surface area contributed by atoms with E-state index < -0.39 is 0 Å². The third kappa shape index (κ3) is 2.04. The smallest absolute Gasteiger partial charge is 0.126 e. The lowest BCUT2D eigenvalue weighted by atomic mass is 9.89. The molecule has 0 atom stereocenters. The van der Waals surface area contributed by atoms with Gasteiger partial charge in [-0.25, -0.2) is 4.39 Å². The highest BCUT2D eigenvalue weighted by atomic mass is 19.1. The standard InChI is InChI=1S/C14H17FO2/c1-10-8-12(2-3-13(10)15)16-9-14-6-4-11(17-14)5-7-14/h2-3,8,11H,4-7,9H2,1H3. The van der Waals surface area contributed by atoms with Gasteiger partial charge >= 0.3 is 0 Å². The molecule has 0 radical (unpaired) electrons. The second-order valence-electron chi connectivity index (χ2n) is 5.20. The summed E-state index contributed by atoms with van der Waals surface area (Å²) in [6.07, 6.45) is 4.96. The summed E-state index contributed by atoms with van der Waals surface area (Å²) >= 11 is 0. The molecule has 0 amide bonds. The summed E-state index contributed by atoms with van der Waals surface area (Å²) in [6, 6.07) is 4.88. The van der Waals surface area contributed by atoms with E-state index in [-0.39, 0.29) is 11.4 Å². The zero-order chi connectivity index (χ0) is 11.9. The first kappa shape index (κ1) is 11.0. The number of aryl methyl sites for hydroxylation is 1. The summed E-state index contributed by atoms with van der Waals surface area (Å²) in [7, 11) is 0. The van der Waals surface area contributed by atoms with Crippen molar-refractivity contribution in [1.82, 2.24) is 0 Å². The molecule has 1 aromatic carbocycles. The normalized spacial score (nSPS) is 30.8. The summed E-state index contributed by atoms with van der Waals surface area (Å²) < 4.78 is 24.8. The van der Waals surface area contributed by atoms with Gasteiger partial charge in [-0.2, -0.15) is 0 Å². The number of benzene rings is 1. The fourth-order valence-corrected chi connectivity index (χ4v) is 2.81. The van der Waals surface area contributed by atoms with Gasteiger partial charge in [0.2, 0.25) is 0 Å². The molecule has 0 saturated carbocycles. The molecular formula is C14H17FO2. The van der Waals surface area contributed by atoms with Crippen molar-refractivity contribution in [2.75, 3.05) is 6.61 Å². The van der Waals surface area contributed by atoms with Crippen molar-refractivity contribution in [3.8, 4) is 5.75 Å². The molecule has 92 valence electrons. The molecule has 2 bridgehead atoms. The molecule has 1 aromatic rings. The van der Waals surface area contributed by atoms with E-state index in [1.165, 1.54) is 6.07 Å². The summed E-state index contributed by atoms with van der Waals surface area (Å²) in [5, 5.41) is 0. The Bertz CT molecular complexity index is 422. The molecule has 0 aliphatic carbocycles. The van der Waals surface area contributed by atoms with Gasteiger partial charge in [0.15, 0.2) is 0 Å². The van der Waals surface area contributed by atoms with Gasteiger partial charge in [0.25, 0.3) is 0 Å². The van der Waals surface area contributed by atoms with E-state index in [0.717, 1.165) is 31.4 Å². The Morgan fingerprint density at radius 3 is 2.76 bits per heavy atom. The largest absolute Gasteiger partial charge is 0.491 e. The van der Waals surface area contributed by atoms with Crippen LogP contribution in [0.4, 0.5) is 4.39 Å². The van der Waals surface area contributed by atoms with Crippen LogP contribution in [0.3, 0.4) is 0 Å². The summed E-state index contributed by atoms with van der Waals surface area (Å²) in [5.74, 6) is 0.547. The van der Waals surface area contributed by atoms with E-state index in [0.29, 0.717) is 18.3 Å². The average molecular weight is 236 g/mol. The number of hydrogen-bond acceptors (Lipinski definition) is 2. The SMILES string of the molecule is Cc1cc(OCC23CCC(CC2)O3)ccc1F. The van der Waals surface area contributed by atoms with Gasteiger partial charge in [-0.1, -0.05) is 0 Å². The van der Waals surface area contributed by atoms with Crippen LogP contribution in [0.25, 0.3) is 0 Å². The van der Waals surface area contributed by atoms with E-state index in [2.05, 4.69) is 0 Å². The van der Waals surface area contributed by atoms with Crippen LogP contribution in [0.2, 0.25) is 0 Å². The molecule has 0 spiro atoms. The predicted octanol–water partition coefficient (Wildman–Crippen LogP) is 3.22. The Balaban J connectivity index is 1.65. The van der Waals surface area contributed by atoms with Gasteiger partial charge in [0, 0.05) is 0 Å². The Morgan fingerprint density at radius 2 is 2.18 bits per heavy atom. The zero-order valence-corrected chi connectivity index (χ0v) is 10.0. The topological polar surface area (TPSA) is 18.5 Å². The molecule has 2 nitrogen and oxygen atoms in total. The van der Waals surface area contributed by atoms with Crippen LogP contribution in [0.15, 0.2) is 18.2 Å². The van der Waals surface area contributed by atoms with Crippen LogP contribution in [0, 0.1) is 12.7 Å². The highest BCUT2D eigenvalue weighted by Crippen LogP contribution is 2.43. The lowest BCUT2D eigenvalue weighted by molar-refractivity contribution is -0.0198. The lowest BCUT2D eigenvalue weighted by Gasteiger charge is -2.24. The number of ether oxygens (including phenoxy) is 2. The Hall–Kier alpha value is -1.09. The van der Waals surface area contributed by atoms with Crippen LogP contribution in [0.1, 0.15) is 31.2 Å². The van der Waals surface area contributed by atoms with E-state index in [1.54, 1.807) is 19.1 Å². The monoisotopic (exact) mass is 236 g/mol. The van der Waals surface area contributed by atoms with E-state index in [9.17, 15) is 4.39 Å². The second-order valence-corrected chi connectivity index (χ2v) is 5.20. The van der Waals surface area contributed by atoms with Crippen molar-refractivity contribution in [3.05, 3.63) is 29.6 Å². The molecule has 2 fully saturated rings. The fourth-order valence-electron chi connectivity index (χ4n) is 2.81. The third-order valence-corrected chi connectivity index (χ3v) is 3.89. The Kier molecular flexibility index (Phi) is 2.58. The van der Waals surface area contributed by atoms with Gasteiger partial charge in [-0.3, -0.25) is 0 Å². The molecule has 2 saturated heterocycles. The summed E-state index contributed by atoms with van der Waals surface area (Å²) in [6.45, 7) is 2.34. The number of fused-ring (bicyclic) bond motifs is 2. The van der Waals surface area contributed by atoms with E-state index in [1.807, 2.05) is 0 Å². The van der Waals surface area contributed by atoms with Crippen LogP contribution >= 0.6 is 0 Å².